The van der Waals surface area contributed by atoms with Gasteiger partial charge < -0.3 is 0 Å². The summed E-state index contributed by atoms with van der Waals surface area (Å²) in [6.07, 6.45) is 2.79. The quantitative estimate of drug-likeness (QED) is 0.649. The van der Waals surface area contributed by atoms with E-state index in [4.69, 9.17) is 5.26 Å². The Balaban J connectivity index is 2.35. The van der Waals surface area contributed by atoms with E-state index >= 15 is 0 Å². The molecule has 1 aliphatic carbocycles. The molecular formula is C10H18N2O2S. The van der Waals surface area contributed by atoms with Gasteiger partial charge in [-0.15, -0.1) is 0 Å². The van der Waals surface area contributed by atoms with Crippen LogP contribution in [0.3, 0.4) is 0 Å². The molecule has 1 rings (SSSR count). The molecule has 4 nitrogen and oxygen atoms in total. The first-order valence-electron chi connectivity index (χ1n) is 5.40. The Morgan fingerprint density at radius 3 is 2.53 bits per heavy atom. The summed E-state index contributed by atoms with van der Waals surface area (Å²) < 4.78 is 22.7. The Morgan fingerprint density at radius 2 is 2.07 bits per heavy atom. The van der Waals surface area contributed by atoms with Crippen LogP contribution in [0.25, 0.3) is 0 Å². The molecular weight excluding hydrogens is 212 g/mol. The van der Waals surface area contributed by atoms with E-state index in [9.17, 15) is 8.42 Å². The molecule has 15 heavy (non-hydrogen) atoms. The van der Waals surface area contributed by atoms with Crippen molar-refractivity contribution in [3.63, 3.8) is 0 Å². The summed E-state index contributed by atoms with van der Waals surface area (Å²) in [5.74, 6) is 0.440. The molecule has 1 fully saturated rings. The van der Waals surface area contributed by atoms with Crippen LogP contribution in [0, 0.1) is 11.3 Å². The van der Waals surface area contributed by atoms with Crippen LogP contribution in [0.5, 0.6) is 0 Å². The minimum atomic E-state index is -2.87. The van der Waals surface area contributed by atoms with Crippen molar-refractivity contribution in [2.75, 3.05) is 24.6 Å². The van der Waals surface area contributed by atoms with E-state index in [1.807, 2.05) is 0 Å². The van der Waals surface area contributed by atoms with E-state index in [2.05, 4.69) is 11.0 Å². The van der Waals surface area contributed by atoms with Gasteiger partial charge in [-0.2, -0.15) is 5.26 Å². The van der Waals surface area contributed by atoms with E-state index in [1.54, 1.807) is 6.92 Å². The molecule has 0 radical (unpaired) electrons. The molecule has 0 aromatic heterocycles. The minimum Gasteiger partial charge on any atom is -0.298 e. The van der Waals surface area contributed by atoms with Crippen LogP contribution >= 0.6 is 0 Å². The maximum absolute atomic E-state index is 11.3. The van der Waals surface area contributed by atoms with Gasteiger partial charge in [-0.3, -0.25) is 4.90 Å². The molecule has 0 amide bonds. The van der Waals surface area contributed by atoms with Crippen LogP contribution in [-0.4, -0.2) is 44.0 Å². The Bertz CT molecular complexity index is 328. The van der Waals surface area contributed by atoms with Gasteiger partial charge in [0.1, 0.15) is 0 Å². The topological polar surface area (TPSA) is 61.2 Å². The highest BCUT2D eigenvalue weighted by atomic mass is 32.2. The number of sulfone groups is 1. The van der Waals surface area contributed by atoms with E-state index < -0.39 is 9.84 Å². The highest BCUT2D eigenvalue weighted by Gasteiger charge is 2.29. The standard InChI is InChI=1S/C10H18N2O2S/c1-2-15(13,14)9-8-12(7-3-6-11)10-4-5-10/h10H,2-5,7-9H2,1H3. The Kier molecular flexibility index (Phi) is 4.55. The van der Waals surface area contributed by atoms with Crippen molar-refractivity contribution in [2.24, 2.45) is 0 Å². The molecule has 0 aliphatic heterocycles. The lowest BCUT2D eigenvalue weighted by Gasteiger charge is -2.20. The zero-order chi connectivity index (χ0) is 11.3. The predicted molar refractivity (Wildman–Crippen MR) is 59.2 cm³/mol. The first kappa shape index (κ1) is 12.5. The highest BCUT2D eigenvalue weighted by Crippen LogP contribution is 2.26. The largest absolute Gasteiger partial charge is 0.298 e. The van der Waals surface area contributed by atoms with Gasteiger partial charge in [-0.25, -0.2) is 8.42 Å². The van der Waals surface area contributed by atoms with E-state index in [-0.39, 0.29) is 11.5 Å². The van der Waals surface area contributed by atoms with Crippen molar-refractivity contribution in [3.05, 3.63) is 0 Å². The van der Waals surface area contributed by atoms with Gasteiger partial charge in [0.05, 0.1) is 11.8 Å². The summed E-state index contributed by atoms with van der Waals surface area (Å²) in [6, 6.07) is 2.63. The van der Waals surface area contributed by atoms with E-state index in [1.165, 1.54) is 0 Å². The zero-order valence-electron chi connectivity index (χ0n) is 9.15. The van der Waals surface area contributed by atoms with Gasteiger partial charge >= 0.3 is 0 Å². The average molecular weight is 230 g/mol. The number of hydrogen-bond donors (Lipinski definition) is 0. The molecule has 5 heteroatoms. The SMILES string of the molecule is CCS(=O)(=O)CCN(CCC#N)C1CC1. The maximum atomic E-state index is 11.3. The molecule has 0 spiro atoms. The number of rotatable bonds is 7. The van der Waals surface area contributed by atoms with Crippen LogP contribution in [0.15, 0.2) is 0 Å². The molecule has 0 atom stereocenters. The summed E-state index contributed by atoms with van der Waals surface area (Å²) >= 11 is 0. The van der Waals surface area contributed by atoms with Gasteiger partial charge in [0.2, 0.25) is 0 Å². The molecule has 0 N–H and O–H groups in total. The lowest BCUT2D eigenvalue weighted by atomic mass is 10.4. The number of nitriles is 1. The molecule has 0 heterocycles. The minimum absolute atomic E-state index is 0.212. The fourth-order valence-electron chi connectivity index (χ4n) is 1.51. The lowest BCUT2D eigenvalue weighted by Crippen LogP contribution is -2.32. The second-order valence-electron chi connectivity index (χ2n) is 3.91. The van der Waals surface area contributed by atoms with Crippen molar-refractivity contribution in [3.8, 4) is 6.07 Å². The third-order valence-electron chi connectivity index (χ3n) is 2.70. The van der Waals surface area contributed by atoms with Crippen LogP contribution in [0.1, 0.15) is 26.2 Å². The third kappa shape index (κ3) is 4.63. The third-order valence-corrected chi connectivity index (χ3v) is 4.39. The molecule has 1 saturated carbocycles. The Labute approximate surface area is 91.8 Å². The Morgan fingerprint density at radius 1 is 1.40 bits per heavy atom. The second kappa shape index (κ2) is 5.47. The summed E-state index contributed by atoms with van der Waals surface area (Å²) in [5, 5.41) is 8.50. The van der Waals surface area contributed by atoms with Crippen molar-refractivity contribution < 1.29 is 8.42 Å². The van der Waals surface area contributed by atoms with Gasteiger partial charge in [-0.05, 0) is 12.8 Å². The predicted octanol–water partition coefficient (Wildman–Crippen LogP) is 0.799. The normalized spacial score (nSPS) is 16.6. The molecule has 0 aromatic carbocycles. The van der Waals surface area contributed by atoms with Gasteiger partial charge in [0.15, 0.2) is 9.84 Å². The van der Waals surface area contributed by atoms with Crippen molar-refractivity contribution in [1.82, 2.24) is 4.90 Å². The molecule has 0 saturated heterocycles. The van der Waals surface area contributed by atoms with Gasteiger partial charge in [0.25, 0.3) is 0 Å². The lowest BCUT2D eigenvalue weighted by molar-refractivity contribution is 0.285. The first-order valence-corrected chi connectivity index (χ1v) is 7.22. The fraction of sp³-hybridized carbons (Fsp3) is 0.900. The number of nitrogens with zero attached hydrogens (tertiary/aromatic N) is 2. The number of hydrogen-bond acceptors (Lipinski definition) is 4. The summed E-state index contributed by atoms with van der Waals surface area (Å²) in [5.41, 5.74) is 0. The molecule has 1 aliphatic rings. The monoisotopic (exact) mass is 230 g/mol. The zero-order valence-corrected chi connectivity index (χ0v) is 9.96. The molecule has 0 aromatic rings. The summed E-state index contributed by atoms with van der Waals surface area (Å²) in [7, 11) is -2.87. The van der Waals surface area contributed by atoms with E-state index in [0.717, 1.165) is 12.8 Å². The summed E-state index contributed by atoms with van der Waals surface area (Å²) in [4.78, 5) is 2.14. The fourth-order valence-corrected chi connectivity index (χ4v) is 2.31. The van der Waals surface area contributed by atoms with Crippen LogP contribution < -0.4 is 0 Å². The first-order chi connectivity index (χ1) is 7.09. The molecule has 0 unspecified atom stereocenters. The highest BCUT2D eigenvalue weighted by molar-refractivity contribution is 7.91. The molecule has 0 bridgehead atoms. The Hall–Kier alpha value is -0.600. The van der Waals surface area contributed by atoms with Crippen LogP contribution in [-0.2, 0) is 9.84 Å². The van der Waals surface area contributed by atoms with Crippen molar-refractivity contribution >= 4 is 9.84 Å². The van der Waals surface area contributed by atoms with Gasteiger partial charge in [0, 0.05) is 31.3 Å². The van der Waals surface area contributed by atoms with Crippen LogP contribution in [0.4, 0.5) is 0 Å². The van der Waals surface area contributed by atoms with Crippen LogP contribution in [0.2, 0.25) is 0 Å². The van der Waals surface area contributed by atoms with Crippen molar-refractivity contribution in [1.29, 1.82) is 5.26 Å². The maximum Gasteiger partial charge on any atom is 0.151 e. The second-order valence-corrected chi connectivity index (χ2v) is 6.38. The van der Waals surface area contributed by atoms with E-state index in [0.29, 0.717) is 25.6 Å². The summed E-state index contributed by atoms with van der Waals surface area (Å²) in [6.45, 7) is 2.97. The smallest absolute Gasteiger partial charge is 0.151 e. The molecule has 86 valence electrons. The average Bonchev–Trinajstić information content (AvgIpc) is 3.02. The van der Waals surface area contributed by atoms with Gasteiger partial charge in [-0.1, -0.05) is 6.92 Å². The van der Waals surface area contributed by atoms with Crippen molar-refractivity contribution in [2.45, 2.75) is 32.2 Å².